The molecule has 3 atom stereocenters. The number of fused-ring (bicyclic) bond motifs is 1. The Morgan fingerprint density at radius 3 is 2.68 bits per heavy atom. The molecule has 2 saturated heterocycles. The van der Waals surface area contributed by atoms with Crippen LogP contribution in [0.3, 0.4) is 0 Å². The predicted octanol–water partition coefficient (Wildman–Crippen LogP) is 1.83. The normalized spacial score (nSPS) is 23.1. The zero-order chi connectivity index (χ0) is 27.2. The van der Waals surface area contributed by atoms with Crippen LogP contribution in [0.15, 0.2) is 18.2 Å². The lowest BCUT2D eigenvalue weighted by atomic mass is 9.83. The van der Waals surface area contributed by atoms with Gasteiger partial charge in [0.15, 0.2) is 0 Å². The van der Waals surface area contributed by atoms with E-state index in [1.54, 1.807) is 16.8 Å². The molecule has 3 heterocycles. The molecule has 2 fully saturated rings. The van der Waals surface area contributed by atoms with Crippen LogP contribution in [-0.2, 0) is 16.0 Å². The average molecular weight is 530 g/mol. The van der Waals surface area contributed by atoms with Gasteiger partial charge < -0.3 is 30.3 Å². The van der Waals surface area contributed by atoms with E-state index in [1.807, 2.05) is 17.0 Å². The van der Waals surface area contributed by atoms with E-state index >= 15 is 0 Å². The van der Waals surface area contributed by atoms with Gasteiger partial charge in [0.1, 0.15) is 5.75 Å². The van der Waals surface area contributed by atoms with Gasteiger partial charge in [-0.2, -0.15) is 0 Å². The molecule has 10 nitrogen and oxygen atoms in total. The number of carboxylic acid groups (broad SMARTS) is 1. The second kappa shape index (κ2) is 12.8. The van der Waals surface area contributed by atoms with Crippen LogP contribution in [-0.4, -0.2) is 115 Å². The van der Waals surface area contributed by atoms with Gasteiger partial charge in [-0.15, -0.1) is 0 Å². The Bertz CT molecular complexity index is 996. The molecule has 210 valence electrons. The maximum absolute atomic E-state index is 13.5. The third kappa shape index (κ3) is 6.23. The van der Waals surface area contributed by atoms with Crippen molar-refractivity contribution in [3.8, 4) is 5.75 Å². The highest BCUT2D eigenvalue weighted by Gasteiger charge is 2.47. The van der Waals surface area contributed by atoms with Crippen LogP contribution in [0.5, 0.6) is 5.75 Å². The number of benzene rings is 1. The SMILES string of the molecule is CCCCN(CCCN)C(=O)CN1CC(c2ccc3c(c2)CCO3)C(C(=O)O)C1CCN1CCN(C)C1=O. The zero-order valence-corrected chi connectivity index (χ0v) is 22.8. The number of carbonyl (C=O) groups excluding carboxylic acids is 2. The topological polar surface area (TPSA) is 120 Å². The number of hydrogen-bond donors (Lipinski definition) is 2. The molecule has 1 aromatic carbocycles. The smallest absolute Gasteiger partial charge is 0.319 e. The second-order valence-corrected chi connectivity index (χ2v) is 10.8. The number of urea groups is 1. The molecule has 1 aromatic rings. The van der Waals surface area contributed by atoms with Crippen molar-refractivity contribution in [2.75, 3.05) is 66.0 Å². The molecule has 0 radical (unpaired) electrons. The highest BCUT2D eigenvalue weighted by Crippen LogP contribution is 2.41. The minimum Gasteiger partial charge on any atom is -0.493 e. The van der Waals surface area contributed by atoms with Crippen molar-refractivity contribution < 1.29 is 24.2 Å². The summed E-state index contributed by atoms with van der Waals surface area (Å²) in [4.78, 5) is 46.1. The third-order valence-electron chi connectivity index (χ3n) is 8.28. The first kappa shape index (κ1) is 28.2. The van der Waals surface area contributed by atoms with Gasteiger partial charge in [0, 0.05) is 64.7 Å². The Hall–Kier alpha value is -2.85. The summed E-state index contributed by atoms with van der Waals surface area (Å²) in [6.07, 6.45) is 3.97. The van der Waals surface area contributed by atoms with Crippen LogP contribution < -0.4 is 10.5 Å². The van der Waals surface area contributed by atoms with Crippen LogP contribution >= 0.6 is 0 Å². The number of hydrogen-bond acceptors (Lipinski definition) is 6. The Labute approximate surface area is 225 Å². The number of ether oxygens (including phenoxy) is 1. The number of likely N-dealkylation sites (N-methyl/N-ethyl adjacent to an activating group) is 1. The summed E-state index contributed by atoms with van der Waals surface area (Å²) in [5.74, 6) is -0.901. The number of rotatable bonds is 13. The molecule has 0 spiro atoms. The summed E-state index contributed by atoms with van der Waals surface area (Å²) in [5, 5.41) is 10.4. The fourth-order valence-corrected chi connectivity index (χ4v) is 6.09. The van der Waals surface area contributed by atoms with Crippen molar-refractivity contribution >= 4 is 17.9 Å². The second-order valence-electron chi connectivity index (χ2n) is 10.8. The van der Waals surface area contributed by atoms with Gasteiger partial charge in [-0.3, -0.25) is 14.5 Å². The van der Waals surface area contributed by atoms with Gasteiger partial charge >= 0.3 is 12.0 Å². The number of aliphatic carboxylic acids is 1. The molecule has 38 heavy (non-hydrogen) atoms. The molecule has 3 unspecified atom stereocenters. The first-order valence-electron chi connectivity index (χ1n) is 14.0. The van der Waals surface area contributed by atoms with Crippen molar-refractivity contribution in [3.63, 3.8) is 0 Å². The monoisotopic (exact) mass is 529 g/mol. The summed E-state index contributed by atoms with van der Waals surface area (Å²) >= 11 is 0. The fourth-order valence-electron chi connectivity index (χ4n) is 6.09. The lowest BCUT2D eigenvalue weighted by molar-refractivity contribution is -0.143. The van der Waals surface area contributed by atoms with Crippen molar-refractivity contribution in [1.82, 2.24) is 19.6 Å². The predicted molar refractivity (Wildman–Crippen MR) is 144 cm³/mol. The van der Waals surface area contributed by atoms with Gasteiger partial charge in [0.25, 0.3) is 0 Å². The number of unbranched alkanes of at least 4 members (excludes halogenated alkanes) is 1. The van der Waals surface area contributed by atoms with Gasteiger partial charge in [-0.1, -0.05) is 25.5 Å². The Morgan fingerprint density at radius 2 is 2.00 bits per heavy atom. The molecule has 0 saturated carbocycles. The lowest BCUT2D eigenvalue weighted by Crippen LogP contribution is -2.46. The molecule has 0 aromatic heterocycles. The molecule has 3 amide bonds. The van der Waals surface area contributed by atoms with Crippen LogP contribution in [0.2, 0.25) is 0 Å². The van der Waals surface area contributed by atoms with Gasteiger partial charge in [0.05, 0.1) is 19.1 Å². The lowest BCUT2D eigenvalue weighted by Gasteiger charge is -2.30. The first-order valence-corrected chi connectivity index (χ1v) is 14.0. The highest BCUT2D eigenvalue weighted by atomic mass is 16.5. The van der Waals surface area contributed by atoms with Crippen molar-refractivity contribution in [2.45, 2.75) is 51.0 Å². The summed E-state index contributed by atoms with van der Waals surface area (Å²) in [7, 11) is 1.78. The highest BCUT2D eigenvalue weighted by molar-refractivity contribution is 5.79. The van der Waals surface area contributed by atoms with Crippen molar-refractivity contribution in [3.05, 3.63) is 29.3 Å². The minimum atomic E-state index is -0.859. The number of carbonyl (C=O) groups is 3. The van der Waals surface area contributed by atoms with Crippen LogP contribution in [0.25, 0.3) is 0 Å². The number of nitrogens with two attached hydrogens (primary N) is 1. The summed E-state index contributed by atoms with van der Waals surface area (Å²) in [6.45, 7) is 6.98. The van der Waals surface area contributed by atoms with Gasteiger partial charge in [-0.25, -0.2) is 4.79 Å². The van der Waals surface area contributed by atoms with Crippen molar-refractivity contribution in [1.29, 1.82) is 0 Å². The van der Waals surface area contributed by atoms with Gasteiger partial charge in [0.2, 0.25) is 5.91 Å². The Kier molecular flexibility index (Phi) is 9.49. The zero-order valence-electron chi connectivity index (χ0n) is 22.8. The summed E-state index contributed by atoms with van der Waals surface area (Å²) in [5.41, 5.74) is 7.81. The van der Waals surface area contributed by atoms with E-state index in [1.165, 1.54) is 0 Å². The number of likely N-dealkylation sites (tertiary alicyclic amines) is 1. The van der Waals surface area contributed by atoms with E-state index in [2.05, 4.69) is 17.9 Å². The third-order valence-corrected chi connectivity index (χ3v) is 8.28. The maximum Gasteiger partial charge on any atom is 0.319 e. The van der Waals surface area contributed by atoms with E-state index in [-0.39, 0.29) is 30.4 Å². The largest absolute Gasteiger partial charge is 0.493 e. The number of amides is 3. The van der Waals surface area contributed by atoms with Gasteiger partial charge in [-0.05, 0) is 43.0 Å². The molecular weight excluding hydrogens is 486 g/mol. The van der Waals surface area contributed by atoms with E-state index in [0.717, 1.165) is 42.6 Å². The molecule has 4 rings (SSSR count). The Morgan fingerprint density at radius 1 is 1.21 bits per heavy atom. The molecule has 0 bridgehead atoms. The van der Waals surface area contributed by atoms with E-state index < -0.39 is 11.9 Å². The number of carboxylic acids is 1. The molecule has 10 heteroatoms. The van der Waals surface area contributed by atoms with E-state index in [9.17, 15) is 19.5 Å². The molecule has 3 aliphatic rings. The van der Waals surface area contributed by atoms with Crippen LogP contribution in [0.4, 0.5) is 4.79 Å². The first-order chi connectivity index (χ1) is 18.3. The average Bonchev–Trinajstić information content (AvgIpc) is 3.60. The van der Waals surface area contributed by atoms with E-state index in [0.29, 0.717) is 58.8 Å². The quantitative estimate of drug-likeness (QED) is 0.400. The summed E-state index contributed by atoms with van der Waals surface area (Å²) in [6, 6.07) is 5.62. The van der Waals surface area contributed by atoms with E-state index in [4.69, 9.17) is 10.5 Å². The number of nitrogens with zero attached hydrogens (tertiary/aromatic N) is 4. The standard InChI is InChI=1S/C28H43N5O5/c1-3-4-11-31(12-5-10-29)25(34)19-33-18-22(20-6-7-24-21(17-20)9-16-38-24)26(27(35)36)23(33)8-13-32-15-14-30(2)28(32)37/h6-7,17,22-23,26H,3-5,8-16,18-19,29H2,1-2H3,(H,35,36). The minimum absolute atomic E-state index is 0.0148. The summed E-state index contributed by atoms with van der Waals surface area (Å²) < 4.78 is 5.66. The molecular formula is C28H43N5O5. The van der Waals surface area contributed by atoms with Crippen LogP contribution in [0, 0.1) is 5.92 Å². The fraction of sp³-hybridized carbons (Fsp3) is 0.679. The Balaban J connectivity index is 1.57. The molecule has 3 aliphatic heterocycles. The van der Waals surface area contributed by atoms with Crippen molar-refractivity contribution in [2.24, 2.45) is 11.7 Å². The van der Waals surface area contributed by atoms with Crippen LogP contribution in [0.1, 0.15) is 49.7 Å². The molecule has 3 N–H and O–H groups in total. The molecule has 0 aliphatic carbocycles. The maximum atomic E-state index is 13.5.